The largest absolute Gasteiger partial charge is 0.472 e. The molecule has 0 aliphatic carbocycles. The van der Waals surface area contributed by atoms with E-state index in [0.717, 1.165) is 37.5 Å². The average molecular weight is 294 g/mol. The van der Waals surface area contributed by atoms with Gasteiger partial charge in [-0.2, -0.15) is 0 Å². The quantitative estimate of drug-likeness (QED) is 0.864. The molecule has 0 radical (unpaired) electrons. The van der Waals surface area contributed by atoms with Gasteiger partial charge in [0.25, 0.3) is 5.88 Å². The molecule has 0 N–H and O–H groups in total. The number of rotatable bonds is 4. The van der Waals surface area contributed by atoms with E-state index in [0.29, 0.717) is 0 Å². The maximum atomic E-state index is 13.5. The van der Waals surface area contributed by atoms with Crippen LogP contribution in [0.15, 0.2) is 23.8 Å². The highest BCUT2D eigenvalue weighted by atomic mass is 32.1. The Labute approximate surface area is 120 Å². The molecule has 1 saturated heterocycles. The van der Waals surface area contributed by atoms with Gasteiger partial charge in [0.15, 0.2) is 5.82 Å². The molecule has 0 spiro atoms. The fourth-order valence-electron chi connectivity index (χ4n) is 2.26. The fraction of sp³-hybridized carbons (Fsp3) is 0.462. The minimum atomic E-state index is -0.399. The molecule has 2 aromatic rings. The third-order valence-electron chi connectivity index (χ3n) is 3.30. The minimum absolute atomic E-state index is 0.0325. The molecule has 0 aromatic carbocycles. The zero-order chi connectivity index (χ0) is 13.8. The van der Waals surface area contributed by atoms with Crippen molar-refractivity contribution >= 4 is 11.3 Å². The van der Waals surface area contributed by atoms with Gasteiger partial charge < -0.3 is 4.74 Å². The predicted molar refractivity (Wildman–Crippen MR) is 73.0 cm³/mol. The van der Waals surface area contributed by atoms with Crippen LogP contribution in [-0.4, -0.2) is 39.3 Å². The van der Waals surface area contributed by atoms with Crippen molar-refractivity contribution in [1.29, 1.82) is 0 Å². The highest BCUT2D eigenvalue weighted by molar-refractivity contribution is 7.09. The molecule has 0 unspecified atom stereocenters. The van der Waals surface area contributed by atoms with Crippen LogP contribution in [0.4, 0.5) is 4.39 Å². The summed E-state index contributed by atoms with van der Waals surface area (Å²) in [5.41, 5.74) is 1.75. The Bertz CT molecular complexity index is 543. The highest BCUT2D eigenvalue weighted by Gasteiger charge is 2.22. The Morgan fingerprint density at radius 3 is 2.95 bits per heavy atom. The Hall–Kier alpha value is -1.60. The monoisotopic (exact) mass is 294 g/mol. The molecule has 2 aromatic heterocycles. The van der Waals surface area contributed by atoms with Gasteiger partial charge in [-0.3, -0.25) is 4.90 Å². The van der Waals surface area contributed by atoms with Gasteiger partial charge in [0.05, 0.1) is 6.54 Å². The van der Waals surface area contributed by atoms with Gasteiger partial charge in [-0.05, 0) is 25.0 Å². The normalized spacial score (nSPS) is 17.2. The Kier molecular flexibility index (Phi) is 4.17. The van der Waals surface area contributed by atoms with Gasteiger partial charge in [-0.1, -0.05) is 0 Å². The smallest absolute Gasteiger partial charge is 0.250 e. The summed E-state index contributed by atoms with van der Waals surface area (Å²) >= 11 is 1.57. The second-order valence-electron chi connectivity index (χ2n) is 4.72. The van der Waals surface area contributed by atoms with Crippen molar-refractivity contribution in [3.8, 4) is 5.88 Å². The first kappa shape index (κ1) is 13.4. The van der Waals surface area contributed by atoms with Crippen LogP contribution in [0.5, 0.6) is 5.88 Å². The molecule has 1 fully saturated rings. The van der Waals surface area contributed by atoms with Crippen LogP contribution in [0, 0.1) is 5.82 Å². The maximum absolute atomic E-state index is 13.5. The van der Waals surface area contributed by atoms with Gasteiger partial charge in [0, 0.05) is 19.3 Å². The standard InChI is InChI=1S/C13H15FN4OS/c14-11-2-1-5-15-13(11)19-10-3-6-18(7-4-10)8-12-17-16-9-20-12/h1-2,5,9-10H,3-4,6-8H2. The topological polar surface area (TPSA) is 51.1 Å². The molecule has 7 heteroatoms. The third-order valence-corrected chi connectivity index (χ3v) is 3.98. The molecule has 1 aliphatic rings. The summed E-state index contributed by atoms with van der Waals surface area (Å²) in [5, 5.41) is 8.91. The molecular weight excluding hydrogens is 279 g/mol. The number of pyridine rings is 1. The first-order chi connectivity index (χ1) is 9.81. The van der Waals surface area contributed by atoms with Gasteiger partial charge in [0.1, 0.15) is 16.6 Å². The Balaban J connectivity index is 1.50. The van der Waals surface area contributed by atoms with Crippen molar-refractivity contribution in [2.75, 3.05) is 13.1 Å². The van der Waals surface area contributed by atoms with Gasteiger partial charge >= 0.3 is 0 Å². The summed E-state index contributed by atoms with van der Waals surface area (Å²) in [4.78, 5) is 6.24. The van der Waals surface area contributed by atoms with E-state index in [4.69, 9.17) is 4.74 Å². The maximum Gasteiger partial charge on any atom is 0.250 e. The van der Waals surface area contributed by atoms with Crippen LogP contribution in [0.25, 0.3) is 0 Å². The van der Waals surface area contributed by atoms with E-state index >= 15 is 0 Å². The number of ether oxygens (including phenoxy) is 1. The van der Waals surface area contributed by atoms with Crippen LogP contribution >= 0.6 is 11.3 Å². The Morgan fingerprint density at radius 2 is 2.25 bits per heavy atom. The van der Waals surface area contributed by atoms with Crippen molar-refractivity contribution in [2.45, 2.75) is 25.5 Å². The number of aromatic nitrogens is 3. The van der Waals surface area contributed by atoms with Crippen molar-refractivity contribution in [3.05, 3.63) is 34.7 Å². The zero-order valence-electron chi connectivity index (χ0n) is 10.9. The minimum Gasteiger partial charge on any atom is -0.472 e. The molecule has 0 saturated carbocycles. The summed E-state index contributed by atoms with van der Waals surface area (Å²) < 4.78 is 19.1. The lowest BCUT2D eigenvalue weighted by Crippen LogP contribution is -2.38. The van der Waals surface area contributed by atoms with Crippen molar-refractivity contribution in [3.63, 3.8) is 0 Å². The zero-order valence-corrected chi connectivity index (χ0v) is 11.7. The number of halogens is 1. The van der Waals surface area contributed by atoms with Crippen LogP contribution in [0.3, 0.4) is 0 Å². The highest BCUT2D eigenvalue weighted by Crippen LogP contribution is 2.20. The van der Waals surface area contributed by atoms with Crippen LogP contribution < -0.4 is 4.74 Å². The lowest BCUT2D eigenvalue weighted by atomic mass is 10.1. The molecule has 20 heavy (non-hydrogen) atoms. The van der Waals surface area contributed by atoms with E-state index in [9.17, 15) is 4.39 Å². The lowest BCUT2D eigenvalue weighted by molar-refractivity contribution is 0.0895. The van der Waals surface area contributed by atoms with Crippen LogP contribution in [0.2, 0.25) is 0 Å². The summed E-state index contributed by atoms with van der Waals surface area (Å²) in [6.45, 7) is 2.66. The molecule has 106 valence electrons. The van der Waals surface area contributed by atoms with Crippen molar-refractivity contribution in [1.82, 2.24) is 20.1 Å². The van der Waals surface area contributed by atoms with E-state index in [2.05, 4.69) is 20.1 Å². The van der Waals surface area contributed by atoms with E-state index < -0.39 is 5.82 Å². The summed E-state index contributed by atoms with van der Waals surface area (Å²) in [5.74, 6) is -0.293. The molecular formula is C13H15FN4OS. The second-order valence-corrected chi connectivity index (χ2v) is 5.63. The van der Waals surface area contributed by atoms with Crippen molar-refractivity contribution < 1.29 is 9.13 Å². The van der Waals surface area contributed by atoms with Gasteiger partial charge in [-0.15, -0.1) is 21.5 Å². The number of piperidine rings is 1. The molecule has 5 nitrogen and oxygen atoms in total. The molecule has 0 atom stereocenters. The van der Waals surface area contributed by atoms with Crippen LogP contribution in [-0.2, 0) is 6.54 Å². The SMILES string of the molecule is Fc1cccnc1OC1CCN(Cc2nncs2)CC1. The third kappa shape index (κ3) is 3.29. The summed E-state index contributed by atoms with van der Waals surface area (Å²) in [7, 11) is 0. The van der Waals surface area contributed by atoms with Gasteiger partial charge in [0.2, 0.25) is 0 Å². The fourth-order valence-corrected chi connectivity index (χ4v) is 2.82. The first-order valence-electron chi connectivity index (χ1n) is 6.56. The van der Waals surface area contributed by atoms with Crippen molar-refractivity contribution in [2.24, 2.45) is 0 Å². The molecule has 3 heterocycles. The molecule has 1 aliphatic heterocycles. The molecule has 3 rings (SSSR count). The first-order valence-corrected chi connectivity index (χ1v) is 7.44. The van der Waals surface area contributed by atoms with E-state index in [1.165, 1.54) is 6.07 Å². The van der Waals surface area contributed by atoms with E-state index in [1.807, 2.05) is 0 Å². The number of hydrogen-bond donors (Lipinski definition) is 0. The summed E-state index contributed by atoms with van der Waals surface area (Å²) in [6, 6.07) is 2.93. The van der Waals surface area contributed by atoms with Gasteiger partial charge in [-0.25, -0.2) is 9.37 Å². The lowest BCUT2D eigenvalue weighted by Gasteiger charge is -2.31. The molecule has 0 bridgehead atoms. The number of hydrogen-bond acceptors (Lipinski definition) is 6. The predicted octanol–water partition coefficient (Wildman–Crippen LogP) is 2.12. The van der Waals surface area contributed by atoms with E-state index in [1.54, 1.807) is 29.1 Å². The Morgan fingerprint density at radius 1 is 1.40 bits per heavy atom. The van der Waals surface area contributed by atoms with E-state index in [-0.39, 0.29) is 12.0 Å². The summed E-state index contributed by atoms with van der Waals surface area (Å²) in [6.07, 6.45) is 3.32. The second kappa shape index (κ2) is 6.23. The average Bonchev–Trinajstić information content (AvgIpc) is 2.96. The van der Waals surface area contributed by atoms with Crippen LogP contribution in [0.1, 0.15) is 17.8 Å². The molecule has 0 amide bonds. The number of likely N-dealkylation sites (tertiary alicyclic amines) is 1. The number of nitrogens with zero attached hydrogens (tertiary/aromatic N) is 4.